The third-order valence-corrected chi connectivity index (χ3v) is 4.30. The Morgan fingerprint density at radius 2 is 1.67 bits per heavy atom. The highest BCUT2D eigenvalue weighted by Gasteiger charge is 2.25. The van der Waals surface area contributed by atoms with Gasteiger partial charge in [-0.1, -0.05) is 35.9 Å². The molecule has 0 aliphatic heterocycles. The molecule has 0 spiro atoms. The van der Waals surface area contributed by atoms with Crippen molar-refractivity contribution in [3.8, 4) is 11.1 Å². The fourth-order valence-electron chi connectivity index (χ4n) is 2.86. The lowest BCUT2D eigenvalue weighted by Crippen LogP contribution is -2.16. The number of carbonyl (C=O) groups is 2. The van der Waals surface area contributed by atoms with Gasteiger partial charge >= 0.3 is 5.97 Å². The molecule has 0 fully saturated rings. The van der Waals surface area contributed by atoms with E-state index in [1.807, 2.05) is 42.5 Å². The lowest BCUT2D eigenvalue weighted by atomic mass is 10.0. The zero-order chi connectivity index (χ0) is 17.1. The van der Waals surface area contributed by atoms with Crippen LogP contribution in [0.5, 0.6) is 0 Å². The van der Waals surface area contributed by atoms with Gasteiger partial charge in [0.15, 0.2) is 0 Å². The van der Waals surface area contributed by atoms with E-state index in [9.17, 15) is 9.59 Å². The fourth-order valence-corrected chi connectivity index (χ4v) is 2.98. The first-order valence-corrected chi connectivity index (χ1v) is 8.05. The number of nitrogens with one attached hydrogen (secondary N) is 1. The number of halogens is 1. The summed E-state index contributed by atoms with van der Waals surface area (Å²) in [7, 11) is 0. The highest BCUT2D eigenvalue weighted by Crippen LogP contribution is 2.28. The van der Waals surface area contributed by atoms with Crippen LogP contribution in [0.15, 0.2) is 59.7 Å². The molecule has 0 aromatic heterocycles. The minimum Gasteiger partial charge on any atom is -0.478 e. The summed E-state index contributed by atoms with van der Waals surface area (Å²) in [5, 5.41) is 12.6. The number of anilines is 1. The predicted octanol–water partition coefficient (Wildman–Crippen LogP) is 4.51. The lowest BCUT2D eigenvalue weighted by molar-refractivity contribution is -0.133. The molecule has 0 bridgehead atoms. The molecule has 0 heterocycles. The van der Waals surface area contributed by atoms with Gasteiger partial charge in [0.25, 0.3) is 5.91 Å². The van der Waals surface area contributed by atoms with Gasteiger partial charge in [0.2, 0.25) is 0 Å². The number of rotatable bonds is 4. The second kappa shape index (κ2) is 6.89. The van der Waals surface area contributed by atoms with E-state index < -0.39 is 5.97 Å². The molecule has 2 aromatic carbocycles. The van der Waals surface area contributed by atoms with Crippen LogP contribution in [-0.4, -0.2) is 17.0 Å². The van der Waals surface area contributed by atoms with Crippen molar-refractivity contribution in [3.05, 3.63) is 64.7 Å². The second-order valence-electron chi connectivity index (χ2n) is 5.66. The molecule has 3 rings (SSSR count). The van der Waals surface area contributed by atoms with Crippen molar-refractivity contribution >= 4 is 29.2 Å². The van der Waals surface area contributed by atoms with Gasteiger partial charge in [0, 0.05) is 21.9 Å². The molecule has 0 saturated heterocycles. The van der Waals surface area contributed by atoms with E-state index in [2.05, 4.69) is 5.32 Å². The normalized spacial score (nSPS) is 13.9. The van der Waals surface area contributed by atoms with E-state index in [1.54, 1.807) is 6.07 Å². The average molecular weight is 342 g/mol. The molecule has 0 radical (unpaired) electrons. The summed E-state index contributed by atoms with van der Waals surface area (Å²) >= 11 is 5.90. The van der Waals surface area contributed by atoms with Crippen LogP contribution in [-0.2, 0) is 9.59 Å². The summed E-state index contributed by atoms with van der Waals surface area (Å²) in [6.07, 6.45) is 1.66. The summed E-state index contributed by atoms with van der Waals surface area (Å²) in [6.45, 7) is 0. The molecule has 5 heteroatoms. The van der Waals surface area contributed by atoms with Crippen LogP contribution in [0.25, 0.3) is 11.1 Å². The molecule has 0 saturated carbocycles. The third kappa shape index (κ3) is 3.49. The van der Waals surface area contributed by atoms with Crippen LogP contribution in [0.3, 0.4) is 0 Å². The van der Waals surface area contributed by atoms with E-state index in [0.29, 0.717) is 35.5 Å². The van der Waals surface area contributed by atoms with Crippen LogP contribution >= 0.6 is 11.6 Å². The molecular formula is C19H16ClNO3. The third-order valence-electron chi connectivity index (χ3n) is 4.05. The monoisotopic (exact) mass is 341 g/mol. The Labute approximate surface area is 144 Å². The van der Waals surface area contributed by atoms with E-state index in [0.717, 1.165) is 11.1 Å². The van der Waals surface area contributed by atoms with Crippen LogP contribution in [0.2, 0.25) is 5.02 Å². The first-order valence-electron chi connectivity index (χ1n) is 7.67. The van der Waals surface area contributed by atoms with Crippen molar-refractivity contribution in [3.63, 3.8) is 0 Å². The Morgan fingerprint density at radius 3 is 2.38 bits per heavy atom. The molecule has 1 amide bonds. The number of aliphatic carboxylic acids is 1. The quantitative estimate of drug-likeness (QED) is 0.859. The zero-order valence-electron chi connectivity index (χ0n) is 12.9. The van der Waals surface area contributed by atoms with Gasteiger partial charge in [-0.2, -0.15) is 0 Å². The molecule has 122 valence electrons. The largest absolute Gasteiger partial charge is 0.478 e. The van der Waals surface area contributed by atoms with Crippen molar-refractivity contribution in [1.82, 2.24) is 0 Å². The maximum Gasteiger partial charge on any atom is 0.332 e. The van der Waals surface area contributed by atoms with Crippen molar-refractivity contribution < 1.29 is 14.7 Å². The van der Waals surface area contributed by atoms with E-state index in [-0.39, 0.29) is 11.5 Å². The van der Waals surface area contributed by atoms with Gasteiger partial charge in [-0.15, -0.1) is 0 Å². The van der Waals surface area contributed by atoms with Gasteiger partial charge in [-0.3, -0.25) is 4.79 Å². The van der Waals surface area contributed by atoms with Gasteiger partial charge in [0.1, 0.15) is 0 Å². The first-order chi connectivity index (χ1) is 11.5. The van der Waals surface area contributed by atoms with Crippen molar-refractivity contribution in [1.29, 1.82) is 0 Å². The van der Waals surface area contributed by atoms with Crippen molar-refractivity contribution in [2.45, 2.75) is 19.3 Å². The Hall–Kier alpha value is -2.59. The minimum atomic E-state index is -1.01. The Bertz CT molecular complexity index is 825. The molecule has 4 nitrogen and oxygen atoms in total. The molecular weight excluding hydrogens is 326 g/mol. The van der Waals surface area contributed by atoms with Crippen molar-refractivity contribution in [2.75, 3.05) is 5.32 Å². The molecule has 1 aliphatic rings. The summed E-state index contributed by atoms with van der Waals surface area (Å²) in [6, 6.07) is 14.9. The van der Waals surface area contributed by atoms with Gasteiger partial charge in [0.05, 0.1) is 0 Å². The zero-order valence-corrected chi connectivity index (χ0v) is 13.6. The first kappa shape index (κ1) is 16.3. The number of carbonyl (C=O) groups excluding carboxylic acids is 1. The van der Waals surface area contributed by atoms with E-state index >= 15 is 0 Å². The number of carboxylic acids is 1. The predicted molar refractivity (Wildman–Crippen MR) is 94.0 cm³/mol. The van der Waals surface area contributed by atoms with Crippen molar-refractivity contribution in [2.24, 2.45) is 0 Å². The molecule has 2 N–H and O–H groups in total. The van der Waals surface area contributed by atoms with Crippen LogP contribution in [0.4, 0.5) is 5.69 Å². The van der Waals surface area contributed by atoms with Crippen LogP contribution < -0.4 is 5.32 Å². The Balaban J connectivity index is 1.82. The SMILES string of the molecule is O=C(O)C1=C(C(=O)Nc2cccc(-c3ccc(Cl)cc3)c2)CCC1. The molecule has 0 unspecified atom stereocenters. The number of amides is 1. The molecule has 24 heavy (non-hydrogen) atoms. The second-order valence-corrected chi connectivity index (χ2v) is 6.09. The van der Waals surface area contributed by atoms with Crippen LogP contribution in [0, 0.1) is 0 Å². The fraction of sp³-hybridized carbons (Fsp3) is 0.158. The van der Waals surface area contributed by atoms with E-state index in [4.69, 9.17) is 16.7 Å². The minimum absolute atomic E-state index is 0.223. The number of benzene rings is 2. The highest BCUT2D eigenvalue weighted by molar-refractivity contribution is 6.30. The molecule has 2 aromatic rings. The lowest BCUT2D eigenvalue weighted by Gasteiger charge is -2.09. The summed E-state index contributed by atoms with van der Waals surface area (Å²) in [5.74, 6) is -1.34. The summed E-state index contributed by atoms with van der Waals surface area (Å²) in [4.78, 5) is 23.6. The summed E-state index contributed by atoms with van der Waals surface area (Å²) < 4.78 is 0. The Kier molecular flexibility index (Phi) is 4.67. The number of carboxylic acid groups (broad SMARTS) is 1. The maximum atomic E-state index is 12.4. The molecule has 0 atom stereocenters. The van der Waals surface area contributed by atoms with E-state index in [1.165, 1.54) is 0 Å². The summed E-state index contributed by atoms with van der Waals surface area (Å²) in [5.41, 5.74) is 3.17. The average Bonchev–Trinajstić information content (AvgIpc) is 3.06. The topological polar surface area (TPSA) is 66.4 Å². The number of hydrogen-bond donors (Lipinski definition) is 2. The van der Waals surface area contributed by atoms with Gasteiger partial charge < -0.3 is 10.4 Å². The van der Waals surface area contributed by atoms with Gasteiger partial charge in [-0.05, 0) is 54.7 Å². The number of hydrogen-bond acceptors (Lipinski definition) is 2. The smallest absolute Gasteiger partial charge is 0.332 e. The van der Waals surface area contributed by atoms with Crippen LogP contribution in [0.1, 0.15) is 19.3 Å². The van der Waals surface area contributed by atoms with Gasteiger partial charge in [-0.25, -0.2) is 4.79 Å². The molecule has 1 aliphatic carbocycles. The maximum absolute atomic E-state index is 12.4. The standard InChI is InChI=1S/C19H16ClNO3/c20-14-9-7-12(8-10-14)13-3-1-4-15(11-13)21-18(22)16-5-2-6-17(16)19(23)24/h1,3-4,7-11H,2,5-6H2,(H,21,22)(H,23,24). The highest BCUT2D eigenvalue weighted by atomic mass is 35.5. The Morgan fingerprint density at radius 1 is 0.958 bits per heavy atom.